The number of hydrogen-bond acceptors (Lipinski definition) is 4. The fourth-order valence-electron chi connectivity index (χ4n) is 1.37. The van der Waals surface area contributed by atoms with Crippen molar-refractivity contribution >= 4 is 11.7 Å². The summed E-state index contributed by atoms with van der Waals surface area (Å²) in [7, 11) is 1.35. The molecule has 0 amide bonds. The van der Waals surface area contributed by atoms with Crippen LogP contribution in [-0.4, -0.2) is 30.3 Å². The molecule has 0 aliphatic carbocycles. The Kier molecular flexibility index (Phi) is 4.12. The highest BCUT2D eigenvalue weighted by Gasteiger charge is 2.13. The fraction of sp³-hybridized carbons (Fsp3) is 0.462. The predicted molar refractivity (Wildman–Crippen MR) is 67.3 cm³/mol. The highest BCUT2D eigenvalue weighted by Crippen LogP contribution is 2.18. The summed E-state index contributed by atoms with van der Waals surface area (Å²) in [5.41, 5.74) is 1.54. The van der Waals surface area contributed by atoms with Gasteiger partial charge in [0.15, 0.2) is 0 Å². The Labute approximate surface area is 102 Å². The first-order chi connectivity index (χ1) is 7.83. The maximum Gasteiger partial charge on any atom is 0.337 e. The monoisotopic (exact) mass is 237 g/mol. The van der Waals surface area contributed by atoms with E-state index in [9.17, 15) is 9.90 Å². The smallest absolute Gasteiger partial charge is 0.337 e. The number of methoxy groups -OCH3 is 1. The van der Waals surface area contributed by atoms with Gasteiger partial charge in [0.2, 0.25) is 0 Å². The minimum atomic E-state index is -0.798. The molecule has 0 aromatic heterocycles. The lowest BCUT2D eigenvalue weighted by Gasteiger charge is -2.19. The van der Waals surface area contributed by atoms with Crippen molar-refractivity contribution in [3.05, 3.63) is 29.3 Å². The summed E-state index contributed by atoms with van der Waals surface area (Å²) in [6.07, 6.45) is 0. The van der Waals surface area contributed by atoms with Crippen molar-refractivity contribution in [3.8, 4) is 0 Å². The third-order valence-electron chi connectivity index (χ3n) is 2.37. The van der Waals surface area contributed by atoms with Gasteiger partial charge in [0.05, 0.1) is 18.3 Å². The summed E-state index contributed by atoms with van der Waals surface area (Å²) in [4.78, 5) is 11.4. The number of carbonyl (C=O) groups is 1. The molecule has 2 N–H and O–H groups in total. The summed E-state index contributed by atoms with van der Waals surface area (Å²) >= 11 is 0. The van der Waals surface area contributed by atoms with E-state index in [1.165, 1.54) is 7.11 Å². The molecule has 0 atom stereocenters. The molecule has 1 aromatic carbocycles. The molecular weight excluding hydrogens is 218 g/mol. The topological polar surface area (TPSA) is 58.6 Å². The molecule has 1 rings (SSSR count). The number of benzene rings is 1. The number of aliphatic hydroxyl groups is 1. The second kappa shape index (κ2) is 5.19. The number of nitrogens with one attached hydrogen (secondary N) is 1. The van der Waals surface area contributed by atoms with Crippen LogP contribution >= 0.6 is 0 Å². The summed E-state index contributed by atoms with van der Waals surface area (Å²) < 4.78 is 4.66. The van der Waals surface area contributed by atoms with Gasteiger partial charge in [-0.05, 0) is 38.5 Å². The van der Waals surface area contributed by atoms with Crippen molar-refractivity contribution in [1.29, 1.82) is 0 Å². The van der Waals surface area contributed by atoms with Crippen molar-refractivity contribution in [2.24, 2.45) is 0 Å². The largest absolute Gasteiger partial charge is 0.465 e. The minimum Gasteiger partial charge on any atom is -0.465 e. The molecule has 0 saturated heterocycles. The third-order valence-corrected chi connectivity index (χ3v) is 2.37. The van der Waals surface area contributed by atoms with E-state index in [-0.39, 0.29) is 5.97 Å². The Bertz CT molecular complexity index is 408. The van der Waals surface area contributed by atoms with E-state index in [1.54, 1.807) is 26.0 Å². The van der Waals surface area contributed by atoms with Crippen LogP contribution in [-0.2, 0) is 4.74 Å². The van der Waals surface area contributed by atoms with E-state index in [2.05, 4.69) is 10.1 Å². The standard InChI is InChI=1S/C13H19NO3/c1-9-5-6-10(12(15)17-4)7-11(9)14-8-13(2,3)16/h5-7,14,16H,8H2,1-4H3. The van der Waals surface area contributed by atoms with Crippen LogP contribution in [0.25, 0.3) is 0 Å². The average Bonchev–Trinajstić information content (AvgIpc) is 2.26. The zero-order valence-electron chi connectivity index (χ0n) is 10.7. The van der Waals surface area contributed by atoms with E-state index in [0.717, 1.165) is 11.3 Å². The lowest BCUT2D eigenvalue weighted by molar-refractivity contribution is 0.0601. The quantitative estimate of drug-likeness (QED) is 0.786. The molecule has 1 aromatic rings. The molecule has 4 heteroatoms. The Morgan fingerprint density at radius 2 is 2.12 bits per heavy atom. The number of ether oxygens (including phenoxy) is 1. The van der Waals surface area contributed by atoms with Crippen LogP contribution in [0.2, 0.25) is 0 Å². The lowest BCUT2D eigenvalue weighted by atomic mass is 10.1. The van der Waals surface area contributed by atoms with E-state index in [1.807, 2.05) is 13.0 Å². The van der Waals surface area contributed by atoms with Crippen molar-refractivity contribution in [3.63, 3.8) is 0 Å². The molecule has 0 unspecified atom stereocenters. The summed E-state index contributed by atoms with van der Waals surface area (Å²) in [6, 6.07) is 5.29. The first-order valence-electron chi connectivity index (χ1n) is 5.49. The number of esters is 1. The number of carbonyl (C=O) groups excluding carboxylic acids is 1. The fourth-order valence-corrected chi connectivity index (χ4v) is 1.37. The first-order valence-corrected chi connectivity index (χ1v) is 5.49. The van der Waals surface area contributed by atoms with Crippen LogP contribution in [0.4, 0.5) is 5.69 Å². The molecule has 17 heavy (non-hydrogen) atoms. The third kappa shape index (κ3) is 4.07. The van der Waals surface area contributed by atoms with Crippen molar-refractivity contribution in [2.45, 2.75) is 26.4 Å². The molecule has 0 radical (unpaired) electrons. The lowest BCUT2D eigenvalue weighted by Crippen LogP contribution is -2.29. The van der Waals surface area contributed by atoms with Crippen LogP contribution in [0.5, 0.6) is 0 Å². The van der Waals surface area contributed by atoms with Gasteiger partial charge >= 0.3 is 5.97 Å². The normalized spacial score (nSPS) is 11.1. The molecular formula is C13H19NO3. The van der Waals surface area contributed by atoms with Gasteiger partial charge in [-0.25, -0.2) is 4.79 Å². The van der Waals surface area contributed by atoms with Crippen molar-refractivity contribution in [1.82, 2.24) is 0 Å². The summed E-state index contributed by atoms with van der Waals surface area (Å²) in [6.45, 7) is 5.80. The molecule has 0 heterocycles. The molecule has 0 aliphatic rings. The predicted octanol–water partition coefficient (Wildman–Crippen LogP) is 1.96. The highest BCUT2D eigenvalue weighted by molar-refractivity contribution is 5.90. The second-order valence-corrected chi connectivity index (χ2v) is 4.69. The van der Waals surface area contributed by atoms with Crippen LogP contribution in [0.3, 0.4) is 0 Å². The minimum absolute atomic E-state index is 0.365. The van der Waals surface area contributed by atoms with Crippen LogP contribution in [0.15, 0.2) is 18.2 Å². The van der Waals surface area contributed by atoms with Gasteiger partial charge in [-0.15, -0.1) is 0 Å². The second-order valence-electron chi connectivity index (χ2n) is 4.69. The van der Waals surface area contributed by atoms with Crippen LogP contribution in [0.1, 0.15) is 29.8 Å². The van der Waals surface area contributed by atoms with Crippen LogP contribution in [0, 0.1) is 6.92 Å². The Balaban J connectivity index is 2.87. The summed E-state index contributed by atoms with van der Waals surface area (Å²) in [5, 5.41) is 12.8. The van der Waals surface area contributed by atoms with Gasteiger partial charge in [0.25, 0.3) is 0 Å². The zero-order chi connectivity index (χ0) is 13.1. The van der Waals surface area contributed by atoms with Gasteiger partial charge in [-0.2, -0.15) is 0 Å². The number of aryl methyl sites for hydroxylation is 1. The first kappa shape index (κ1) is 13.5. The van der Waals surface area contributed by atoms with Crippen molar-refractivity contribution < 1.29 is 14.6 Å². The molecule has 0 bridgehead atoms. The average molecular weight is 237 g/mol. The van der Waals surface area contributed by atoms with Gasteiger partial charge in [-0.3, -0.25) is 0 Å². The van der Waals surface area contributed by atoms with Crippen LogP contribution < -0.4 is 5.32 Å². The SMILES string of the molecule is COC(=O)c1ccc(C)c(NCC(C)(C)O)c1. The maximum absolute atomic E-state index is 11.4. The molecule has 0 fully saturated rings. The van der Waals surface area contributed by atoms with E-state index < -0.39 is 5.60 Å². The van der Waals surface area contributed by atoms with Crippen molar-refractivity contribution in [2.75, 3.05) is 19.0 Å². The van der Waals surface area contributed by atoms with Gasteiger partial charge < -0.3 is 15.2 Å². The summed E-state index contributed by atoms with van der Waals surface area (Å²) in [5.74, 6) is -0.365. The van der Waals surface area contributed by atoms with E-state index >= 15 is 0 Å². The zero-order valence-corrected chi connectivity index (χ0v) is 10.7. The number of hydrogen-bond donors (Lipinski definition) is 2. The Morgan fingerprint density at radius 3 is 2.65 bits per heavy atom. The molecule has 94 valence electrons. The molecule has 4 nitrogen and oxygen atoms in total. The van der Waals surface area contributed by atoms with Gasteiger partial charge in [0.1, 0.15) is 0 Å². The number of anilines is 1. The molecule has 0 aliphatic heterocycles. The Hall–Kier alpha value is -1.55. The molecule has 0 saturated carbocycles. The van der Waals surface area contributed by atoms with Gasteiger partial charge in [0, 0.05) is 12.2 Å². The Morgan fingerprint density at radius 1 is 1.47 bits per heavy atom. The van der Waals surface area contributed by atoms with Gasteiger partial charge in [-0.1, -0.05) is 6.07 Å². The molecule has 0 spiro atoms. The highest BCUT2D eigenvalue weighted by atomic mass is 16.5. The van der Waals surface area contributed by atoms with E-state index in [0.29, 0.717) is 12.1 Å². The maximum atomic E-state index is 11.4. The number of rotatable bonds is 4. The van der Waals surface area contributed by atoms with E-state index in [4.69, 9.17) is 0 Å².